The van der Waals surface area contributed by atoms with E-state index in [1.54, 1.807) is 17.9 Å². The maximum atomic E-state index is 14.6. The number of rotatable bonds is 4. The van der Waals surface area contributed by atoms with Crippen LogP contribution >= 0.6 is 22.6 Å². The minimum Gasteiger partial charge on any atom is -0.391 e. The number of nitrogens with one attached hydrogen (secondary N) is 1. The Morgan fingerprint density at radius 3 is 2.52 bits per heavy atom. The molecule has 2 aromatic rings. The number of β-amino-alcohol motifs (C(OH)–C–C–N with tert-alkyl or cyclic N) is 1. The first-order chi connectivity index (χ1) is 14.6. The normalized spacial score (nSPS) is 23.0. The van der Waals surface area contributed by atoms with E-state index < -0.39 is 40.9 Å². The van der Waals surface area contributed by atoms with Crippen LogP contribution in [0.5, 0.6) is 0 Å². The molecule has 3 N–H and O–H groups in total. The fourth-order valence-corrected chi connectivity index (χ4v) is 4.60. The van der Waals surface area contributed by atoms with E-state index in [2.05, 4.69) is 5.32 Å². The summed E-state index contributed by atoms with van der Waals surface area (Å²) in [6.45, 7) is 2.20. The van der Waals surface area contributed by atoms with Gasteiger partial charge in [0.1, 0.15) is 5.82 Å². The van der Waals surface area contributed by atoms with Gasteiger partial charge in [-0.05, 0) is 66.3 Å². The van der Waals surface area contributed by atoms with Crippen LogP contribution < -0.4 is 5.32 Å². The maximum absolute atomic E-state index is 14.6. The number of carbonyl (C=O) groups excluding carboxylic acids is 1. The van der Waals surface area contributed by atoms with Gasteiger partial charge in [-0.2, -0.15) is 0 Å². The van der Waals surface area contributed by atoms with E-state index in [9.17, 15) is 28.2 Å². The van der Waals surface area contributed by atoms with Crippen LogP contribution in [0.25, 0.3) is 0 Å². The molecule has 2 heterocycles. The Morgan fingerprint density at radius 1 is 1.19 bits per heavy atom. The Morgan fingerprint density at radius 2 is 1.90 bits per heavy atom. The van der Waals surface area contributed by atoms with Gasteiger partial charge < -0.3 is 20.4 Å². The highest BCUT2D eigenvalue weighted by atomic mass is 127. The summed E-state index contributed by atoms with van der Waals surface area (Å²) in [6.07, 6.45) is -0.0319. The van der Waals surface area contributed by atoms with Crippen LogP contribution in [-0.4, -0.2) is 63.4 Å². The van der Waals surface area contributed by atoms with E-state index in [4.69, 9.17) is 0 Å². The molecule has 31 heavy (non-hydrogen) atoms. The smallest absolute Gasteiger partial charge is 0.256 e. The fraction of sp³-hybridized carbons (Fsp3) is 0.381. The molecule has 2 aliphatic heterocycles. The van der Waals surface area contributed by atoms with Crippen molar-refractivity contribution in [2.24, 2.45) is 0 Å². The van der Waals surface area contributed by atoms with Crippen molar-refractivity contribution in [3.8, 4) is 0 Å². The second-order valence-corrected chi connectivity index (χ2v) is 9.21. The van der Waals surface area contributed by atoms with Crippen LogP contribution in [-0.2, 0) is 0 Å². The zero-order chi connectivity index (χ0) is 22.5. The lowest BCUT2D eigenvalue weighted by Gasteiger charge is -2.52. The highest BCUT2D eigenvalue weighted by Crippen LogP contribution is 2.35. The maximum Gasteiger partial charge on any atom is 0.256 e. The number of amides is 1. The van der Waals surface area contributed by atoms with Crippen molar-refractivity contribution in [1.82, 2.24) is 9.80 Å². The first kappa shape index (κ1) is 22.3. The summed E-state index contributed by atoms with van der Waals surface area (Å²) in [4.78, 5) is 16.1. The van der Waals surface area contributed by atoms with Gasteiger partial charge in [-0.3, -0.25) is 9.69 Å². The van der Waals surface area contributed by atoms with Crippen molar-refractivity contribution in [2.75, 3.05) is 25.0 Å². The van der Waals surface area contributed by atoms with E-state index in [0.717, 1.165) is 12.1 Å². The Kier molecular flexibility index (Phi) is 5.92. The van der Waals surface area contributed by atoms with Crippen LogP contribution in [0.4, 0.5) is 24.5 Å². The number of halogens is 4. The summed E-state index contributed by atoms with van der Waals surface area (Å²) >= 11 is 1.92. The Labute approximate surface area is 190 Å². The average Bonchev–Trinajstić information content (AvgIpc) is 3.03. The molecule has 1 amide bonds. The molecule has 0 aliphatic carbocycles. The largest absolute Gasteiger partial charge is 0.391 e. The lowest BCUT2D eigenvalue weighted by atomic mass is 9.98. The minimum absolute atomic E-state index is 0.0424. The highest BCUT2D eigenvalue weighted by molar-refractivity contribution is 14.1. The third-order valence-corrected chi connectivity index (χ3v) is 6.61. The summed E-state index contributed by atoms with van der Waals surface area (Å²) in [7, 11) is 0. The number of hydrogen-bond donors (Lipinski definition) is 3. The zero-order valence-electron chi connectivity index (χ0n) is 16.6. The SMILES string of the molecule is CC1C(O)CCN1C1(O)CN(C(=O)c2ccc(F)c(F)c2Nc2ccc(I)cc2F)C1. The first-order valence-corrected chi connectivity index (χ1v) is 10.8. The summed E-state index contributed by atoms with van der Waals surface area (Å²) in [5.41, 5.74) is -2.03. The molecule has 2 aromatic carbocycles. The summed E-state index contributed by atoms with van der Waals surface area (Å²) in [5.74, 6) is -3.76. The number of likely N-dealkylation sites (tertiary alicyclic amines) is 2. The second-order valence-electron chi connectivity index (χ2n) is 7.97. The molecule has 2 atom stereocenters. The molecule has 4 rings (SSSR count). The fourth-order valence-electron chi connectivity index (χ4n) is 4.15. The van der Waals surface area contributed by atoms with Gasteiger partial charge >= 0.3 is 0 Å². The monoisotopic (exact) mass is 547 g/mol. The molecule has 2 fully saturated rings. The lowest BCUT2D eigenvalue weighted by molar-refractivity contribution is -0.192. The molecule has 0 saturated carbocycles. The Hall–Kier alpha value is -1.89. The van der Waals surface area contributed by atoms with Gasteiger partial charge in [-0.15, -0.1) is 0 Å². The number of hydrogen-bond acceptors (Lipinski definition) is 5. The topological polar surface area (TPSA) is 76.0 Å². The van der Waals surface area contributed by atoms with Crippen molar-refractivity contribution >= 4 is 39.9 Å². The summed E-state index contributed by atoms with van der Waals surface area (Å²) in [5, 5.41) is 23.3. The molecule has 0 bridgehead atoms. The van der Waals surface area contributed by atoms with Crippen LogP contribution in [0.1, 0.15) is 23.7 Å². The third-order valence-electron chi connectivity index (χ3n) is 5.94. The molecule has 10 heteroatoms. The van der Waals surface area contributed by atoms with Gasteiger partial charge in [-0.1, -0.05) is 0 Å². The molecule has 2 saturated heterocycles. The molecule has 0 aromatic heterocycles. The van der Waals surface area contributed by atoms with E-state index in [1.807, 2.05) is 22.6 Å². The van der Waals surface area contributed by atoms with Gasteiger partial charge in [0.25, 0.3) is 5.91 Å². The van der Waals surface area contributed by atoms with Gasteiger partial charge in [0, 0.05) is 16.2 Å². The van der Waals surface area contributed by atoms with Gasteiger partial charge in [-0.25, -0.2) is 13.2 Å². The molecular formula is C21H21F3IN3O3. The third kappa shape index (κ3) is 4.01. The predicted molar refractivity (Wildman–Crippen MR) is 116 cm³/mol. The molecule has 2 aliphatic rings. The number of carbonyl (C=O) groups is 1. The highest BCUT2D eigenvalue weighted by Gasteiger charge is 2.52. The number of nitrogens with zero attached hydrogens (tertiary/aromatic N) is 2. The molecule has 0 spiro atoms. The van der Waals surface area contributed by atoms with Gasteiger partial charge in [0.05, 0.1) is 36.1 Å². The van der Waals surface area contributed by atoms with Gasteiger partial charge in [0.2, 0.25) is 0 Å². The number of aliphatic hydroxyl groups excluding tert-OH is 1. The zero-order valence-corrected chi connectivity index (χ0v) is 18.7. The standard InChI is InChI=1S/C21H21F3IN3O3/c1-11-17(29)6-7-28(11)21(31)9-27(10-21)20(30)13-3-4-14(22)18(24)19(13)26-16-5-2-12(25)8-15(16)23/h2-5,8,11,17,26,29,31H,6-7,9-10H2,1H3. The van der Waals surface area contributed by atoms with Crippen molar-refractivity contribution in [1.29, 1.82) is 0 Å². The first-order valence-electron chi connectivity index (χ1n) is 9.77. The molecular weight excluding hydrogens is 526 g/mol. The Bertz CT molecular complexity index is 1030. The summed E-state index contributed by atoms with van der Waals surface area (Å²) in [6, 6.07) is 5.90. The predicted octanol–water partition coefficient (Wildman–Crippen LogP) is 3.05. The average molecular weight is 547 g/mol. The van der Waals surface area contributed by atoms with Crippen molar-refractivity contribution < 1.29 is 28.2 Å². The van der Waals surface area contributed by atoms with Gasteiger partial charge in [0.15, 0.2) is 17.4 Å². The molecule has 166 valence electrons. The van der Waals surface area contributed by atoms with E-state index >= 15 is 0 Å². The number of benzene rings is 2. The number of anilines is 2. The molecule has 0 radical (unpaired) electrons. The van der Waals surface area contributed by atoms with E-state index in [0.29, 0.717) is 16.5 Å². The minimum atomic E-state index is -1.30. The van der Waals surface area contributed by atoms with Crippen molar-refractivity contribution in [3.05, 3.63) is 56.9 Å². The van der Waals surface area contributed by atoms with E-state index in [-0.39, 0.29) is 30.4 Å². The van der Waals surface area contributed by atoms with Crippen LogP contribution in [0.3, 0.4) is 0 Å². The number of aliphatic hydroxyl groups is 2. The van der Waals surface area contributed by atoms with Crippen molar-refractivity contribution in [2.45, 2.75) is 31.2 Å². The second kappa shape index (κ2) is 8.23. The van der Waals surface area contributed by atoms with Crippen LogP contribution in [0.2, 0.25) is 0 Å². The summed E-state index contributed by atoms with van der Waals surface area (Å²) < 4.78 is 43.3. The Balaban J connectivity index is 1.57. The van der Waals surface area contributed by atoms with Crippen LogP contribution in [0, 0.1) is 21.0 Å². The van der Waals surface area contributed by atoms with Crippen LogP contribution in [0.15, 0.2) is 30.3 Å². The van der Waals surface area contributed by atoms with E-state index in [1.165, 1.54) is 17.0 Å². The lowest BCUT2D eigenvalue weighted by Crippen LogP contribution is -2.72. The van der Waals surface area contributed by atoms with Crippen molar-refractivity contribution in [3.63, 3.8) is 0 Å². The molecule has 2 unspecified atom stereocenters. The quantitative estimate of drug-likeness (QED) is 0.514. The molecule has 6 nitrogen and oxygen atoms in total.